The second-order valence-corrected chi connectivity index (χ2v) is 14.3. The fourth-order valence-corrected chi connectivity index (χ4v) is 9.76. The first-order valence-corrected chi connectivity index (χ1v) is 16.4. The zero-order valence-corrected chi connectivity index (χ0v) is 26.0. The molecular formula is C34H54N4O4. The molecule has 0 aliphatic carbocycles. The van der Waals surface area contributed by atoms with Gasteiger partial charge in [-0.05, 0) is 80.1 Å². The highest BCUT2D eigenvalue weighted by atomic mass is 16.4. The van der Waals surface area contributed by atoms with E-state index < -0.39 is 11.9 Å². The monoisotopic (exact) mass is 582 g/mol. The van der Waals surface area contributed by atoms with Crippen molar-refractivity contribution in [2.75, 3.05) is 0 Å². The molecule has 5 aliphatic rings. The molecule has 0 saturated carbocycles. The van der Waals surface area contributed by atoms with Gasteiger partial charge in [0, 0.05) is 73.2 Å². The number of nitrogens with one attached hydrogen (secondary N) is 4. The highest BCUT2D eigenvalue weighted by Crippen LogP contribution is 2.44. The number of carboxylic acids is 2. The topological polar surface area (TPSA) is 123 Å². The molecule has 0 aromatic carbocycles. The molecule has 5 heterocycles. The number of rotatable bonds is 8. The Morgan fingerprint density at radius 3 is 1.71 bits per heavy atom. The molecule has 42 heavy (non-hydrogen) atoms. The van der Waals surface area contributed by atoms with Crippen LogP contribution in [0.15, 0.2) is 36.6 Å². The molecule has 8 nitrogen and oxygen atoms in total. The van der Waals surface area contributed by atoms with Gasteiger partial charge in [0.15, 0.2) is 0 Å². The van der Waals surface area contributed by atoms with Crippen LogP contribution in [-0.4, -0.2) is 64.4 Å². The van der Waals surface area contributed by atoms with E-state index in [0.717, 1.165) is 25.7 Å². The van der Waals surface area contributed by atoms with Crippen molar-refractivity contribution < 1.29 is 19.8 Å². The Morgan fingerprint density at radius 1 is 0.738 bits per heavy atom. The first-order valence-electron chi connectivity index (χ1n) is 16.4. The third-order valence-electron chi connectivity index (χ3n) is 12.3. The lowest BCUT2D eigenvalue weighted by atomic mass is 9.77. The minimum atomic E-state index is -0.738. The van der Waals surface area contributed by atoms with Crippen molar-refractivity contribution in [1.29, 1.82) is 0 Å². The quantitative estimate of drug-likeness (QED) is 0.234. The molecule has 5 aliphatic heterocycles. The van der Waals surface area contributed by atoms with Crippen molar-refractivity contribution in [3.8, 4) is 0 Å². The van der Waals surface area contributed by atoms with Crippen molar-refractivity contribution >= 4 is 11.9 Å². The van der Waals surface area contributed by atoms with Crippen LogP contribution in [0, 0.1) is 41.4 Å². The van der Waals surface area contributed by atoms with Crippen molar-refractivity contribution in [3.05, 3.63) is 36.6 Å². The van der Waals surface area contributed by atoms with Gasteiger partial charge in [0.25, 0.3) is 0 Å². The standard InChI is InChI=1S/C34H54N4O4/c1-7-21-17(3)25-13-26-19(5)23(9-11-33(39)40)31(37-26)16-32-24(10-12-34(41)42)20(6)28(38-32)15-30-22(8-2)18(4)27(36-30)14-29(21)35-25/h7-8,17,19-26,28-32,35-38H,1-2,9-16H2,3-6H3,(H,39,40)(H,41,42). The van der Waals surface area contributed by atoms with Crippen LogP contribution in [0.2, 0.25) is 0 Å². The molecule has 8 bridgehead atoms. The first kappa shape index (κ1) is 31.3. The predicted octanol–water partition coefficient (Wildman–Crippen LogP) is 4.30. The molecule has 0 spiro atoms. The molecule has 0 aromatic heterocycles. The smallest absolute Gasteiger partial charge is 0.303 e. The van der Waals surface area contributed by atoms with Crippen LogP contribution in [0.1, 0.15) is 79.1 Å². The summed E-state index contributed by atoms with van der Waals surface area (Å²) < 4.78 is 0. The Bertz CT molecular complexity index is 1080. The lowest BCUT2D eigenvalue weighted by Crippen LogP contribution is -2.44. The molecule has 0 amide bonds. The molecule has 6 N–H and O–H groups in total. The summed E-state index contributed by atoms with van der Waals surface area (Å²) in [5.41, 5.74) is 2.72. The number of carbonyl (C=O) groups is 2. The van der Waals surface area contributed by atoms with E-state index in [9.17, 15) is 19.8 Å². The largest absolute Gasteiger partial charge is 0.481 e. The van der Waals surface area contributed by atoms with Gasteiger partial charge in [-0.15, -0.1) is 13.2 Å². The lowest BCUT2D eigenvalue weighted by Gasteiger charge is -2.28. The molecule has 14 atom stereocenters. The number of hydrogen-bond donors (Lipinski definition) is 6. The minimum absolute atomic E-state index is 0.179. The predicted molar refractivity (Wildman–Crippen MR) is 166 cm³/mol. The molecule has 5 rings (SSSR count). The van der Waals surface area contributed by atoms with Crippen LogP contribution in [0.25, 0.3) is 0 Å². The Morgan fingerprint density at radius 2 is 1.21 bits per heavy atom. The average Bonchev–Trinajstić information content (AvgIpc) is 3.59. The Balaban J connectivity index is 1.48. The molecule has 0 radical (unpaired) electrons. The molecule has 8 heteroatoms. The van der Waals surface area contributed by atoms with Crippen LogP contribution in [0.4, 0.5) is 0 Å². The van der Waals surface area contributed by atoms with Crippen LogP contribution < -0.4 is 21.3 Å². The zero-order valence-electron chi connectivity index (χ0n) is 26.0. The number of aliphatic carboxylic acids is 2. The Labute approximate surface area is 252 Å². The summed E-state index contributed by atoms with van der Waals surface area (Å²) in [4.78, 5) is 23.3. The van der Waals surface area contributed by atoms with Crippen molar-refractivity contribution in [2.24, 2.45) is 41.4 Å². The summed E-state index contributed by atoms with van der Waals surface area (Å²) in [6.45, 7) is 17.7. The van der Waals surface area contributed by atoms with Gasteiger partial charge < -0.3 is 31.5 Å². The summed E-state index contributed by atoms with van der Waals surface area (Å²) in [6, 6.07) is 1.92. The average molecular weight is 583 g/mol. The van der Waals surface area contributed by atoms with Gasteiger partial charge in [-0.25, -0.2) is 0 Å². The van der Waals surface area contributed by atoms with Gasteiger partial charge in [-0.2, -0.15) is 0 Å². The maximum absolute atomic E-state index is 11.6. The second-order valence-electron chi connectivity index (χ2n) is 14.3. The Hall–Kier alpha value is -2.16. The van der Waals surface area contributed by atoms with Crippen LogP contribution >= 0.6 is 0 Å². The van der Waals surface area contributed by atoms with E-state index in [-0.39, 0.29) is 54.8 Å². The molecular weight excluding hydrogens is 528 g/mol. The lowest BCUT2D eigenvalue weighted by molar-refractivity contribution is -0.138. The van der Waals surface area contributed by atoms with E-state index in [1.807, 2.05) is 0 Å². The van der Waals surface area contributed by atoms with Gasteiger partial charge in [-0.1, -0.05) is 32.9 Å². The summed E-state index contributed by atoms with van der Waals surface area (Å²) >= 11 is 0. The van der Waals surface area contributed by atoms with Gasteiger partial charge >= 0.3 is 11.9 Å². The molecule has 4 fully saturated rings. The van der Waals surface area contributed by atoms with Crippen LogP contribution in [0.3, 0.4) is 0 Å². The molecule has 234 valence electrons. The SMILES string of the molecule is C=CC1C(C)=C2CC3NC(CC4NC(CC5NC(CC1N2)C(C)C5CCC(=O)O)C(CCC(=O)O)C4C)C(C)C3C=C. The summed E-state index contributed by atoms with van der Waals surface area (Å²) in [6.07, 6.45) is 9.75. The first-order chi connectivity index (χ1) is 20.0. The third kappa shape index (κ3) is 6.09. The molecule has 4 saturated heterocycles. The molecule has 14 unspecified atom stereocenters. The van der Waals surface area contributed by atoms with Crippen molar-refractivity contribution in [2.45, 2.75) is 121 Å². The van der Waals surface area contributed by atoms with Crippen LogP contribution in [0.5, 0.6) is 0 Å². The van der Waals surface area contributed by atoms with Gasteiger partial charge in [0.2, 0.25) is 0 Å². The summed E-state index contributed by atoms with van der Waals surface area (Å²) in [7, 11) is 0. The zero-order chi connectivity index (χ0) is 30.3. The highest BCUT2D eigenvalue weighted by Gasteiger charge is 2.49. The third-order valence-corrected chi connectivity index (χ3v) is 12.3. The van der Waals surface area contributed by atoms with Gasteiger partial charge in [0.05, 0.1) is 0 Å². The van der Waals surface area contributed by atoms with Crippen molar-refractivity contribution in [1.82, 2.24) is 21.3 Å². The Kier molecular flexibility index (Phi) is 9.55. The second kappa shape index (κ2) is 12.8. The van der Waals surface area contributed by atoms with E-state index in [4.69, 9.17) is 0 Å². The maximum Gasteiger partial charge on any atom is 0.303 e. The fourth-order valence-electron chi connectivity index (χ4n) is 9.76. The van der Waals surface area contributed by atoms with Gasteiger partial charge in [0.1, 0.15) is 0 Å². The fraction of sp³-hybridized carbons (Fsp3) is 0.765. The van der Waals surface area contributed by atoms with E-state index in [1.54, 1.807) is 0 Å². The normalized spacial score (nSPS) is 45.0. The highest BCUT2D eigenvalue weighted by molar-refractivity contribution is 5.67. The van der Waals surface area contributed by atoms with E-state index in [0.29, 0.717) is 54.6 Å². The van der Waals surface area contributed by atoms with Crippen molar-refractivity contribution in [3.63, 3.8) is 0 Å². The summed E-state index contributed by atoms with van der Waals surface area (Å²) in [5.74, 6) is 0.896. The van der Waals surface area contributed by atoms with E-state index >= 15 is 0 Å². The van der Waals surface area contributed by atoms with Crippen LogP contribution in [-0.2, 0) is 9.59 Å². The summed E-state index contributed by atoms with van der Waals surface area (Å²) in [5, 5.41) is 35.1. The molecule has 0 aromatic rings. The maximum atomic E-state index is 11.6. The number of hydrogen-bond acceptors (Lipinski definition) is 6. The van der Waals surface area contributed by atoms with E-state index in [2.05, 4.69) is 74.3 Å². The van der Waals surface area contributed by atoms with Gasteiger partial charge in [-0.3, -0.25) is 9.59 Å². The minimum Gasteiger partial charge on any atom is -0.481 e. The van der Waals surface area contributed by atoms with E-state index in [1.165, 1.54) is 11.3 Å². The number of fused-ring (bicyclic) bond motifs is 8. The number of carboxylic acid groups (broad SMARTS) is 2.